The molecule has 0 aliphatic carbocycles. The molecule has 0 N–H and O–H groups in total. The lowest BCUT2D eigenvalue weighted by atomic mass is 10.1. The maximum atomic E-state index is 13.2. The number of aromatic nitrogens is 1. The number of benzene rings is 1. The molecule has 34 heavy (non-hydrogen) atoms. The van der Waals surface area contributed by atoms with Crippen molar-refractivity contribution in [3.05, 3.63) is 53.0 Å². The van der Waals surface area contributed by atoms with E-state index in [2.05, 4.69) is 9.88 Å². The lowest BCUT2D eigenvalue weighted by Crippen LogP contribution is -2.48. The van der Waals surface area contributed by atoms with E-state index in [1.165, 1.54) is 0 Å². The van der Waals surface area contributed by atoms with E-state index in [4.69, 9.17) is 18.6 Å². The fourth-order valence-electron chi connectivity index (χ4n) is 4.31. The maximum absolute atomic E-state index is 13.2. The summed E-state index contributed by atoms with van der Waals surface area (Å²) in [5.41, 5.74) is 2.80. The van der Waals surface area contributed by atoms with Crippen molar-refractivity contribution in [1.29, 1.82) is 0 Å². The van der Waals surface area contributed by atoms with Crippen LogP contribution in [0.25, 0.3) is 11.0 Å². The van der Waals surface area contributed by atoms with Gasteiger partial charge in [0.15, 0.2) is 22.8 Å². The van der Waals surface area contributed by atoms with Crippen molar-refractivity contribution in [3.8, 4) is 11.5 Å². The zero-order chi connectivity index (χ0) is 23.7. The van der Waals surface area contributed by atoms with Gasteiger partial charge in [-0.2, -0.15) is 0 Å². The molecule has 1 aromatic carbocycles. The molecule has 5 rings (SSSR count). The summed E-state index contributed by atoms with van der Waals surface area (Å²) in [7, 11) is 0. The molecule has 1 saturated heterocycles. The molecular weight excluding hydrogens is 438 g/mol. The SMILES string of the molecule is CCOC(=O)N1CCN(Cc2cnc(C)c3oc(C(=O)c4ccc5c(c4)OCCO5)cc23)CC1. The number of carbonyl (C=O) groups excluding carboxylic acids is 2. The lowest BCUT2D eigenvalue weighted by molar-refractivity contribution is 0.0779. The van der Waals surface area contributed by atoms with E-state index < -0.39 is 0 Å². The van der Waals surface area contributed by atoms with Crippen LogP contribution in [0.4, 0.5) is 4.79 Å². The summed E-state index contributed by atoms with van der Waals surface area (Å²) < 4.78 is 22.2. The van der Waals surface area contributed by atoms with Gasteiger partial charge in [0, 0.05) is 49.9 Å². The predicted octanol–water partition coefficient (Wildman–Crippen LogP) is 3.41. The normalized spacial score (nSPS) is 16.0. The first kappa shape index (κ1) is 22.2. The number of hydrogen-bond donors (Lipinski definition) is 0. The van der Waals surface area contributed by atoms with Gasteiger partial charge < -0.3 is 23.5 Å². The molecule has 4 heterocycles. The monoisotopic (exact) mass is 465 g/mol. The van der Waals surface area contributed by atoms with Crippen molar-refractivity contribution >= 4 is 22.8 Å². The van der Waals surface area contributed by atoms with Crippen LogP contribution in [0.5, 0.6) is 11.5 Å². The van der Waals surface area contributed by atoms with E-state index in [-0.39, 0.29) is 17.6 Å². The highest BCUT2D eigenvalue weighted by Gasteiger charge is 2.24. The maximum Gasteiger partial charge on any atom is 0.409 e. The highest BCUT2D eigenvalue weighted by molar-refractivity contribution is 6.09. The van der Waals surface area contributed by atoms with Gasteiger partial charge in [0.25, 0.3) is 0 Å². The van der Waals surface area contributed by atoms with Crippen LogP contribution in [-0.4, -0.2) is 72.7 Å². The topological polar surface area (TPSA) is 94.3 Å². The molecule has 0 spiro atoms. The minimum atomic E-state index is -0.265. The minimum Gasteiger partial charge on any atom is -0.486 e. The third-order valence-corrected chi connectivity index (χ3v) is 6.14. The largest absolute Gasteiger partial charge is 0.486 e. The number of piperazine rings is 1. The molecule has 9 heteroatoms. The first-order valence-electron chi connectivity index (χ1n) is 11.5. The van der Waals surface area contributed by atoms with Crippen LogP contribution < -0.4 is 9.47 Å². The summed E-state index contributed by atoms with van der Waals surface area (Å²) in [5, 5.41) is 0.876. The Morgan fingerprint density at radius 3 is 2.59 bits per heavy atom. The summed E-state index contributed by atoms with van der Waals surface area (Å²) in [6.45, 7) is 8.34. The van der Waals surface area contributed by atoms with E-state index in [0.717, 1.165) is 29.7 Å². The third-order valence-electron chi connectivity index (χ3n) is 6.14. The second kappa shape index (κ2) is 9.34. The number of fused-ring (bicyclic) bond motifs is 2. The Morgan fingerprint density at radius 2 is 1.82 bits per heavy atom. The quantitative estimate of drug-likeness (QED) is 0.529. The molecule has 2 aliphatic rings. The van der Waals surface area contributed by atoms with Gasteiger partial charge in [0.05, 0.1) is 12.3 Å². The summed E-state index contributed by atoms with van der Waals surface area (Å²) in [4.78, 5) is 33.6. The molecule has 178 valence electrons. The number of aryl methyl sites for hydroxylation is 1. The Morgan fingerprint density at radius 1 is 1.06 bits per heavy atom. The van der Waals surface area contributed by atoms with E-state index >= 15 is 0 Å². The number of hydrogen-bond acceptors (Lipinski definition) is 8. The molecule has 0 atom stereocenters. The standard InChI is InChI=1S/C25H27N3O6/c1-3-31-25(30)28-8-6-27(7-9-28)15-18-14-26-16(2)24-19(18)13-22(34-24)23(29)17-4-5-20-21(12-17)33-11-10-32-20/h4-5,12-14H,3,6-11,15H2,1-2H3. The summed E-state index contributed by atoms with van der Waals surface area (Å²) in [6.07, 6.45) is 1.57. The van der Waals surface area contributed by atoms with Crippen LogP contribution in [0, 0.1) is 6.92 Å². The number of rotatable bonds is 5. The number of carbonyl (C=O) groups is 2. The number of nitrogens with zero attached hydrogens (tertiary/aromatic N) is 3. The lowest BCUT2D eigenvalue weighted by Gasteiger charge is -2.34. The number of pyridine rings is 1. The van der Waals surface area contributed by atoms with Crippen molar-refractivity contribution in [3.63, 3.8) is 0 Å². The first-order valence-corrected chi connectivity index (χ1v) is 11.5. The van der Waals surface area contributed by atoms with Gasteiger partial charge >= 0.3 is 6.09 Å². The van der Waals surface area contributed by atoms with Gasteiger partial charge in [-0.1, -0.05) is 0 Å². The fourth-order valence-corrected chi connectivity index (χ4v) is 4.31. The highest BCUT2D eigenvalue weighted by Crippen LogP contribution is 2.33. The molecule has 9 nitrogen and oxygen atoms in total. The van der Waals surface area contributed by atoms with E-state index in [1.54, 1.807) is 29.2 Å². The van der Waals surface area contributed by atoms with Crippen molar-refractivity contribution in [2.24, 2.45) is 0 Å². The fraction of sp³-hybridized carbons (Fsp3) is 0.400. The Balaban J connectivity index is 1.35. The highest BCUT2D eigenvalue weighted by atomic mass is 16.6. The Kier molecular flexibility index (Phi) is 6.10. The van der Waals surface area contributed by atoms with E-state index in [9.17, 15) is 9.59 Å². The summed E-state index contributed by atoms with van der Waals surface area (Å²) >= 11 is 0. The number of furan rings is 1. The molecule has 1 fully saturated rings. The zero-order valence-electron chi connectivity index (χ0n) is 19.3. The third kappa shape index (κ3) is 4.31. The smallest absolute Gasteiger partial charge is 0.409 e. The average molecular weight is 466 g/mol. The van der Waals surface area contributed by atoms with E-state index in [0.29, 0.717) is 62.1 Å². The van der Waals surface area contributed by atoms with Crippen LogP contribution in [0.2, 0.25) is 0 Å². The zero-order valence-corrected chi connectivity index (χ0v) is 19.3. The van der Waals surface area contributed by atoms with Crippen molar-refractivity contribution in [2.45, 2.75) is 20.4 Å². The van der Waals surface area contributed by atoms with E-state index in [1.807, 2.05) is 20.0 Å². The molecule has 0 bridgehead atoms. The molecule has 2 aromatic heterocycles. The first-order chi connectivity index (χ1) is 16.5. The van der Waals surface area contributed by atoms with Crippen LogP contribution in [-0.2, 0) is 11.3 Å². The van der Waals surface area contributed by atoms with Crippen LogP contribution in [0.1, 0.15) is 34.3 Å². The van der Waals surface area contributed by atoms with Gasteiger partial charge in [-0.15, -0.1) is 0 Å². The number of amides is 1. The van der Waals surface area contributed by atoms with Gasteiger partial charge in [-0.3, -0.25) is 14.7 Å². The molecule has 0 saturated carbocycles. The van der Waals surface area contributed by atoms with Gasteiger partial charge in [-0.25, -0.2) is 4.79 Å². The number of ether oxygens (including phenoxy) is 3. The van der Waals surface area contributed by atoms with Crippen molar-refractivity contribution < 1.29 is 28.2 Å². The predicted molar refractivity (Wildman–Crippen MR) is 123 cm³/mol. The van der Waals surface area contributed by atoms with Crippen LogP contribution >= 0.6 is 0 Å². The molecule has 2 aliphatic heterocycles. The number of ketones is 1. The molecular formula is C25H27N3O6. The Bertz CT molecular complexity index is 1230. The minimum absolute atomic E-state index is 0.221. The summed E-state index contributed by atoms with van der Waals surface area (Å²) in [5.74, 6) is 1.24. The van der Waals surface area contributed by atoms with Gasteiger partial charge in [0.1, 0.15) is 13.2 Å². The molecule has 0 radical (unpaired) electrons. The second-order valence-corrected chi connectivity index (χ2v) is 8.37. The molecule has 3 aromatic rings. The van der Waals surface area contributed by atoms with Crippen LogP contribution in [0.15, 0.2) is 34.9 Å². The molecule has 1 amide bonds. The average Bonchev–Trinajstić information content (AvgIpc) is 3.32. The molecule has 0 unspecified atom stereocenters. The van der Waals surface area contributed by atoms with Gasteiger partial charge in [-0.05, 0) is 43.7 Å². The summed E-state index contributed by atoms with van der Waals surface area (Å²) in [6, 6.07) is 6.96. The van der Waals surface area contributed by atoms with Crippen LogP contribution in [0.3, 0.4) is 0 Å². The van der Waals surface area contributed by atoms with Gasteiger partial charge in [0.2, 0.25) is 5.78 Å². The van der Waals surface area contributed by atoms with Crippen molar-refractivity contribution in [1.82, 2.24) is 14.8 Å². The second-order valence-electron chi connectivity index (χ2n) is 8.37. The Hall–Kier alpha value is -3.59. The van der Waals surface area contributed by atoms with Crippen molar-refractivity contribution in [2.75, 3.05) is 46.0 Å². The Labute approximate surface area is 197 Å².